The van der Waals surface area contributed by atoms with Gasteiger partial charge in [-0.15, -0.1) is 0 Å². The van der Waals surface area contributed by atoms with Crippen LogP contribution in [0, 0.1) is 5.92 Å². The van der Waals surface area contributed by atoms with Gasteiger partial charge in [-0.3, -0.25) is 4.79 Å². The minimum atomic E-state index is -0.419. The number of carbonyl (C=O) groups is 1. The molecule has 1 saturated heterocycles. The van der Waals surface area contributed by atoms with E-state index in [0.717, 1.165) is 48.8 Å². The lowest BCUT2D eigenvalue weighted by molar-refractivity contribution is 0.0907. The third-order valence-corrected chi connectivity index (χ3v) is 5.35. The maximum absolute atomic E-state index is 12.3. The van der Waals surface area contributed by atoms with Crippen molar-refractivity contribution < 1.29 is 9.32 Å². The van der Waals surface area contributed by atoms with Gasteiger partial charge in [0, 0.05) is 36.4 Å². The molecule has 1 amide bonds. The number of anilines is 1. The minimum absolute atomic E-state index is 0.0703. The van der Waals surface area contributed by atoms with Crippen LogP contribution in [0.15, 0.2) is 47.1 Å². The van der Waals surface area contributed by atoms with Crippen LogP contribution >= 0.6 is 11.6 Å². The smallest absolute Gasteiger partial charge is 0.316 e. The van der Waals surface area contributed by atoms with Gasteiger partial charge in [-0.2, -0.15) is 4.98 Å². The Labute approximate surface area is 174 Å². The molecule has 0 aliphatic carbocycles. The van der Waals surface area contributed by atoms with E-state index < -0.39 is 5.91 Å². The molecule has 3 aromatic rings. The van der Waals surface area contributed by atoms with Gasteiger partial charge >= 0.3 is 11.8 Å². The van der Waals surface area contributed by atoms with Crippen molar-refractivity contribution in [2.75, 3.05) is 18.0 Å². The number of rotatable bonds is 5. The molecule has 29 heavy (non-hydrogen) atoms. The minimum Gasteiger partial charge on any atom is -0.357 e. The predicted molar refractivity (Wildman–Crippen MR) is 111 cm³/mol. The van der Waals surface area contributed by atoms with Crippen LogP contribution in [0.2, 0.25) is 5.02 Å². The summed E-state index contributed by atoms with van der Waals surface area (Å²) in [6.45, 7) is 4.60. The Morgan fingerprint density at radius 1 is 1.24 bits per heavy atom. The van der Waals surface area contributed by atoms with Crippen LogP contribution < -0.4 is 10.2 Å². The van der Waals surface area contributed by atoms with E-state index in [4.69, 9.17) is 16.1 Å². The number of hydrogen-bond acceptors (Lipinski definition) is 6. The molecule has 1 aromatic carbocycles. The predicted octanol–water partition coefficient (Wildman–Crippen LogP) is 3.95. The van der Waals surface area contributed by atoms with Crippen LogP contribution in [0.5, 0.6) is 0 Å². The summed E-state index contributed by atoms with van der Waals surface area (Å²) in [5, 5.41) is 7.38. The van der Waals surface area contributed by atoms with Crippen molar-refractivity contribution >= 4 is 23.3 Å². The SMILES string of the molecule is CC1CCN(c2cc(-c3noc(C(=O)NCc4ccc(Cl)cc4)n3)ccn2)CC1. The number of aromatic nitrogens is 3. The molecule has 1 N–H and O–H groups in total. The van der Waals surface area contributed by atoms with Gasteiger partial charge in [0.2, 0.25) is 5.82 Å². The summed E-state index contributed by atoms with van der Waals surface area (Å²) in [4.78, 5) is 23.3. The van der Waals surface area contributed by atoms with E-state index in [-0.39, 0.29) is 5.89 Å². The summed E-state index contributed by atoms with van der Waals surface area (Å²) in [6, 6.07) is 11.0. The molecule has 0 atom stereocenters. The zero-order valence-corrected chi connectivity index (χ0v) is 16.9. The van der Waals surface area contributed by atoms with Gasteiger partial charge in [0.05, 0.1) is 0 Å². The highest BCUT2D eigenvalue weighted by molar-refractivity contribution is 6.30. The zero-order chi connectivity index (χ0) is 20.2. The number of nitrogens with one attached hydrogen (secondary N) is 1. The lowest BCUT2D eigenvalue weighted by Crippen LogP contribution is -2.33. The van der Waals surface area contributed by atoms with E-state index in [0.29, 0.717) is 17.4 Å². The summed E-state index contributed by atoms with van der Waals surface area (Å²) in [5.41, 5.74) is 1.70. The fourth-order valence-corrected chi connectivity index (χ4v) is 3.39. The van der Waals surface area contributed by atoms with Crippen LogP contribution in [0.1, 0.15) is 36.0 Å². The highest BCUT2D eigenvalue weighted by Gasteiger charge is 2.19. The Kier molecular flexibility index (Phi) is 5.76. The summed E-state index contributed by atoms with van der Waals surface area (Å²) >= 11 is 5.87. The van der Waals surface area contributed by atoms with E-state index in [1.165, 1.54) is 0 Å². The summed E-state index contributed by atoms with van der Waals surface area (Å²) in [7, 11) is 0. The first-order chi connectivity index (χ1) is 14.1. The fraction of sp³-hybridized carbons (Fsp3) is 0.333. The van der Waals surface area contributed by atoms with E-state index >= 15 is 0 Å². The quantitative estimate of drug-likeness (QED) is 0.684. The van der Waals surface area contributed by atoms with E-state index in [2.05, 4.69) is 32.3 Å². The Bertz CT molecular complexity index is 981. The van der Waals surface area contributed by atoms with E-state index in [1.54, 1.807) is 18.3 Å². The van der Waals surface area contributed by atoms with Crippen LogP contribution in [0.3, 0.4) is 0 Å². The van der Waals surface area contributed by atoms with Crippen molar-refractivity contribution in [3.63, 3.8) is 0 Å². The Morgan fingerprint density at radius 2 is 2.00 bits per heavy atom. The molecular formula is C21H22ClN5O2. The first-order valence-corrected chi connectivity index (χ1v) is 10.0. The molecule has 1 aliphatic rings. The largest absolute Gasteiger partial charge is 0.357 e. The average Bonchev–Trinajstić information content (AvgIpc) is 3.24. The lowest BCUT2D eigenvalue weighted by atomic mass is 9.99. The van der Waals surface area contributed by atoms with Gasteiger partial charge in [-0.1, -0.05) is 35.8 Å². The summed E-state index contributed by atoms with van der Waals surface area (Å²) in [6.07, 6.45) is 4.05. The number of carbonyl (C=O) groups excluding carboxylic acids is 1. The highest BCUT2D eigenvalue weighted by Crippen LogP contribution is 2.25. The van der Waals surface area contributed by atoms with Crippen molar-refractivity contribution in [3.05, 3.63) is 59.1 Å². The highest BCUT2D eigenvalue weighted by atomic mass is 35.5. The molecule has 0 unspecified atom stereocenters. The molecule has 1 fully saturated rings. The molecule has 1 aliphatic heterocycles. The van der Waals surface area contributed by atoms with Gasteiger partial charge in [0.1, 0.15) is 5.82 Å². The number of amides is 1. The van der Waals surface area contributed by atoms with Crippen LogP contribution in [-0.4, -0.2) is 34.1 Å². The molecule has 8 heteroatoms. The van der Waals surface area contributed by atoms with Crippen LogP contribution in [0.4, 0.5) is 5.82 Å². The second-order valence-electron chi connectivity index (χ2n) is 7.30. The number of piperidine rings is 1. The van der Waals surface area contributed by atoms with Crippen LogP contribution in [-0.2, 0) is 6.54 Å². The second kappa shape index (κ2) is 8.61. The van der Waals surface area contributed by atoms with E-state index in [1.807, 2.05) is 24.3 Å². The number of halogens is 1. The normalized spacial score (nSPS) is 14.8. The van der Waals surface area contributed by atoms with Gasteiger partial charge in [-0.05, 0) is 48.6 Å². The van der Waals surface area contributed by atoms with Gasteiger partial charge in [0.25, 0.3) is 0 Å². The van der Waals surface area contributed by atoms with Crippen molar-refractivity contribution in [3.8, 4) is 11.4 Å². The van der Waals surface area contributed by atoms with Crippen molar-refractivity contribution in [1.29, 1.82) is 0 Å². The van der Waals surface area contributed by atoms with Crippen molar-refractivity contribution in [1.82, 2.24) is 20.4 Å². The van der Waals surface area contributed by atoms with Crippen molar-refractivity contribution in [2.24, 2.45) is 5.92 Å². The van der Waals surface area contributed by atoms with Gasteiger partial charge in [-0.25, -0.2) is 4.98 Å². The van der Waals surface area contributed by atoms with Crippen molar-refractivity contribution in [2.45, 2.75) is 26.3 Å². The average molecular weight is 412 g/mol. The topological polar surface area (TPSA) is 84.2 Å². The second-order valence-corrected chi connectivity index (χ2v) is 7.74. The number of pyridine rings is 1. The molecule has 3 heterocycles. The molecule has 0 radical (unpaired) electrons. The molecule has 4 rings (SSSR count). The lowest BCUT2D eigenvalue weighted by Gasteiger charge is -2.31. The Balaban J connectivity index is 1.42. The number of nitrogens with zero attached hydrogens (tertiary/aromatic N) is 4. The molecule has 0 bridgehead atoms. The Morgan fingerprint density at radius 3 is 2.76 bits per heavy atom. The summed E-state index contributed by atoms with van der Waals surface area (Å²) in [5.74, 6) is 1.53. The molecular weight excluding hydrogens is 390 g/mol. The Hall–Kier alpha value is -2.93. The van der Waals surface area contributed by atoms with Crippen LogP contribution in [0.25, 0.3) is 11.4 Å². The maximum Gasteiger partial charge on any atom is 0.316 e. The zero-order valence-electron chi connectivity index (χ0n) is 16.1. The summed E-state index contributed by atoms with van der Waals surface area (Å²) < 4.78 is 5.16. The first-order valence-electron chi connectivity index (χ1n) is 9.66. The van der Waals surface area contributed by atoms with Gasteiger partial charge < -0.3 is 14.7 Å². The molecule has 2 aromatic heterocycles. The number of hydrogen-bond donors (Lipinski definition) is 1. The molecule has 0 spiro atoms. The first kappa shape index (κ1) is 19.4. The van der Waals surface area contributed by atoms with E-state index in [9.17, 15) is 4.79 Å². The maximum atomic E-state index is 12.3. The standard InChI is InChI=1S/C21H22ClN5O2/c1-14-7-10-27(11-8-14)18-12-16(6-9-23-18)19-25-21(29-26-19)20(28)24-13-15-2-4-17(22)5-3-15/h2-6,9,12,14H,7-8,10-11,13H2,1H3,(H,24,28). The monoisotopic (exact) mass is 411 g/mol. The number of benzene rings is 1. The fourth-order valence-electron chi connectivity index (χ4n) is 3.26. The molecule has 0 saturated carbocycles. The third-order valence-electron chi connectivity index (χ3n) is 5.10. The molecule has 150 valence electrons. The molecule has 7 nitrogen and oxygen atoms in total. The van der Waals surface area contributed by atoms with Gasteiger partial charge in [0.15, 0.2) is 0 Å². The third kappa shape index (κ3) is 4.74.